The maximum Gasteiger partial charge on any atom is 0.0260 e. The Morgan fingerprint density at radius 3 is 2.43 bits per heavy atom. The fraction of sp³-hybridized carbons (Fsp3) is 0.300. The van der Waals surface area contributed by atoms with Crippen LogP contribution in [0.2, 0.25) is 0 Å². The van der Waals surface area contributed by atoms with E-state index >= 15 is 0 Å². The highest BCUT2D eigenvalue weighted by Crippen LogP contribution is 2.41. The molecule has 1 aliphatic carbocycles. The summed E-state index contributed by atoms with van der Waals surface area (Å²) in [6, 6.07) is 15.7. The Labute approximate surface area is 134 Å². The molecule has 0 bridgehead atoms. The van der Waals surface area contributed by atoms with Crippen molar-refractivity contribution in [3.8, 4) is 0 Å². The normalized spacial score (nSPS) is 17.1. The van der Waals surface area contributed by atoms with Crippen LogP contribution in [0.15, 0.2) is 46.9 Å². The summed E-state index contributed by atoms with van der Waals surface area (Å²) in [5, 5.41) is 5.49. The van der Waals surface area contributed by atoms with Gasteiger partial charge in [-0.3, -0.25) is 0 Å². The predicted octanol–water partition coefficient (Wildman–Crippen LogP) is 6.27. The summed E-state index contributed by atoms with van der Waals surface area (Å²) in [5.74, 6) is 0. The van der Waals surface area contributed by atoms with Crippen LogP contribution < -0.4 is 0 Å². The third-order valence-corrected chi connectivity index (χ3v) is 5.58. The van der Waals surface area contributed by atoms with Crippen LogP contribution in [0.3, 0.4) is 0 Å². The van der Waals surface area contributed by atoms with Gasteiger partial charge in [-0.2, -0.15) is 0 Å². The molecular formula is C20H19Br. The van der Waals surface area contributed by atoms with Crippen molar-refractivity contribution in [2.24, 2.45) is 5.41 Å². The molecule has 1 aliphatic rings. The summed E-state index contributed by atoms with van der Waals surface area (Å²) in [6.45, 7) is 4.79. The summed E-state index contributed by atoms with van der Waals surface area (Å²) in [5.41, 5.74) is 3.53. The standard InChI is InChI=1S/C20H19Br/c1-20(2)10-9-13-7-8-15-14-5-3-4-6-16(14)19(21)11-17(15)18(13)12-20/h3-8,11H,9-10,12H2,1-2H3. The Bertz CT molecular complexity index is 858. The molecule has 4 rings (SSSR count). The van der Waals surface area contributed by atoms with Gasteiger partial charge in [0.05, 0.1) is 0 Å². The Morgan fingerprint density at radius 2 is 1.62 bits per heavy atom. The van der Waals surface area contributed by atoms with Gasteiger partial charge in [-0.05, 0) is 63.4 Å². The molecule has 3 aromatic rings. The molecule has 0 unspecified atom stereocenters. The van der Waals surface area contributed by atoms with Crippen molar-refractivity contribution in [2.75, 3.05) is 0 Å². The van der Waals surface area contributed by atoms with E-state index in [4.69, 9.17) is 0 Å². The average Bonchev–Trinajstić information content (AvgIpc) is 2.47. The van der Waals surface area contributed by atoms with Crippen molar-refractivity contribution in [3.05, 3.63) is 58.1 Å². The molecule has 0 heterocycles. The smallest absolute Gasteiger partial charge is 0.0260 e. The lowest BCUT2D eigenvalue weighted by Gasteiger charge is -2.32. The first-order chi connectivity index (χ1) is 10.1. The maximum atomic E-state index is 3.77. The summed E-state index contributed by atoms with van der Waals surface area (Å²) in [4.78, 5) is 0. The molecule has 0 aromatic heterocycles. The van der Waals surface area contributed by atoms with Gasteiger partial charge in [-0.25, -0.2) is 0 Å². The summed E-state index contributed by atoms with van der Waals surface area (Å²) in [7, 11) is 0. The van der Waals surface area contributed by atoms with E-state index < -0.39 is 0 Å². The fourth-order valence-electron chi connectivity index (χ4n) is 3.72. The number of hydrogen-bond acceptors (Lipinski definition) is 0. The van der Waals surface area contributed by atoms with Crippen LogP contribution in [0.5, 0.6) is 0 Å². The van der Waals surface area contributed by atoms with Gasteiger partial charge in [0.1, 0.15) is 0 Å². The van der Waals surface area contributed by atoms with Gasteiger partial charge in [-0.1, -0.05) is 66.2 Å². The first-order valence-electron chi connectivity index (χ1n) is 7.67. The number of rotatable bonds is 0. The van der Waals surface area contributed by atoms with E-state index in [1.165, 1.54) is 45.3 Å². The van der Waals surface area contributed by atoms with Crippen molar-refractivity contribution >= 4 is 37.5 Å². The zero-order chi connectivity index (χ0) is 14.6. The number of hydrogen-bond donors (Lipinski definition) is 0. The highest BCUT2D eigenvalue weighted by atomic mass is 79.9. The highest BCUT2D eigenvalue weighted by molar-refractivity contribution is 9.10. The molecule has 1 heteroatoms. The van der Waals surface area contributed by atoms with E-state index in [0.29, 0.717) is 5.41 Å². The lowest BCUT2D eigenvalue weighted by molar-refractivity contribution is 0.317. The van der Waals surface area contributed by atoms with Crippen molar-refractivity contribution in [3.63, 3.8) is 0 Å². The zero-order valence-electron chi connectivity index (χ0n) is 12.5. The molecule has 0 aliphatic heterocycles. The molecule has 0 nitrogen and oxygen atoms in total. The number of fused-ring (bicyclic) bond motifs is 5. The molecule has 3 aromatic carbocycles. The van der Waals surface area contributed by atoms with Gasteiger partial charge < -0.3 is 0 Å². The van der Waals surface area contributed by atoms with Gasteiger partial charge >= 0.3 is 0 Å². The summed E-state index contributed by atoms with van der Waals surface area (Å²) in [6.07, 6.45) is 3.69. The van der Waals surface area contributed by atoms with E-state index in [1.807, 2.05) is 0 Å². The van der Waals surface area contributed by atoms with Gasteiger partial charge in [0.25, 0.3) is 0 Å². The van der Waals surface area contributed by atoms with Gasteiger partial charge in [0.15, 0.2) is 0 Å². The first-order valence-corrected chi connectivity index (χ1v) is 8.46. The van der Waals surface area contributed by atoms with Crippen molar-refractivity contribution < 1.29 is 0 Å². The molecule has 0 spiro atoms. The quantitative estimate of drug-likeness (QED) is 0.423. The average molecular weight is 339 g/mol. The largest absolute Gasteiger partial charge is 0.0616 e. The molecule has 0 saturated carbocycles. The molecule has 0 amide bonds. The molecular weight excluding hydrogens is 320 g/mol. The van der Waals surface area contributed by atoms with Crippen LogP contribution >= 0.6 is 15.9 Å². The third kappa shape index (κ3) is 2.10. The second-order valence-corrected chi connectivity index (χ2v) is 7.90. The zero-order valence-corrected chi connectivity index (χ0v) is 14.1. The minimum absolute atomic E-state index is 0.416. The van der Waals surface area contributed by atoms with Gasteiger partial charge in [-0.15, -0.1) is 0 Å². The number of aryl methyl sites for hydroxylation is 1. The van der Waals surface area contributed by atoms with E-state index in [2.05, 4.69) is 72.2 Å². The van der Waals surface area contributed by atoms with Gasteiger partial charge in [0.2, 0.25) is 0 Å². The molecule has 0 N–H and O–H groups in total. The maximum absolute atomic E-state index is 3.77. The SMILES string of the molecule is CC1(C)CCc2ccc3c(cc(Br)c4ccccc43)c2C1. The lowest BCUT2D eigenvalue weighted by Crippen LogP contribution is -2.22. The predicted molar refractivity (Wildman–Crippen MR) is 95.0 cm³/mol. The van der Waals surface area contributed by atoms with Crippen molar-refractivity contribution in [2.45, 2.75) is 33.1 Å². The fourth-order valence-corrected chi connectivity index (χ4v) is 4.30. The molecule has 0 atom stereocenters. The number of benzene rings is 3. The van der Waals surface area contributed by atoms with E-state index in [9.17, 15) is 0 Å². The Hall–Kier alpha value is -1.34. The molecule has 0 fully saturated rings. The van der Waals surface area contributed by atoms with Crippen LogP contribution in [-0.4, -0.2) is 0 Å². The highest BCUT2D eigenvalue weighted by Gasteiger charge is 2.26. The molecule has 106 valence electrons. The second-order valence-electron chi connectivity index (χ2n) is 7.04. The topological polar surface area (TPSA) is 0 Å². The van der Waals surface area contributed by atoms with Crippen LogP contribution in [0.4, 0.5) is 0 Å². The summed E-state index contributed by atoms with van der Waals surface area (Å²) >= 11 is 3.77. The monoisotopic (exact) mass is 338 g/mol. The van der Waals surface area contributed by atoms with E-state index in [0.717, 1.165) is 0 Å². The summed E-state index contributed by atoms with van der Waals surface area (Å²) < 4.78 is 1.21. The minimum atomic E-state index is 0.416. The Balaban J connectivity index is 2.11. The Morgan fingerprint density at radius 1 is 0.905 bits per heavy atom. The lowest BCUT2D eigenvalue weighted by atomic mass is 9.73. The van der Waals surface area contributed by atoms with Crippen LogP contribution in [0.1, 0.15) is 31.4 Å². The molecule has 21 heavy (non-hydrogen) atoms. The van der Waals surface area contributed by atoms with E-state index in [-0.39, 0.29) is 0 Å². The van der Waals surface area contributed by atoms with E-state index in [1.54, 1.807) is 11.1 Å². The van der Waals surface area contributed by atoms with Crippen LogP contribution in [-0.2, 0) is 12.8 Å². The minimum Gasteiger partial charge on any atom is -0.0616 e. The number of halogens is 1. The van der Waals surface area contributed by atoms with Crippen LogP contribution in [0.25, 0.3) is 21.5 Å². The Kier molecular flexibility index (Phi) is 2.91. The third-order valence-electron chi connectivity index (χ3n) is 4.93. The second kappa shape index (κ2) is 4.58. The van der Waals surface area contributed by atoms with Crippen molar-refractivity contribution in [1.82, 2.24) is 0 Å². The van der Waals surface area contributed by atoms with Gasteiger partial charge in [0, 0.05) is 4.47 Å². The first kappa shape index (κ1) is 13.3. The molecule has 0 saturated heterocycles. The molecule has 0 radical (unpaired) electrons. The van der Waals surface area contributed by atoms with Crippen molar-refractivity contribution in [1.29, 1.82) is 0 Å². The van der Waals surface area contributed by atoms with Crippen LogP contribution in [0, 0.1) is 5.41 Å².